The molecule has 1 aromatic carbocycles. The Kier molecular flexibility index (Phi) is 9.36. The number of benzene rings is 1. The predicted octanol–water partition coefficient (Wildman–Crippen LogP) is 4.87. The van der Waals surface area contributed by atoms with Crippen LogP contribution >= 0.6 is 23.4 Å². The summed E-state index contributed by atoms with van der Waals surface area (Å²) in [6.45, 7) is 4.52. The fourth-order valence-corrected chi connectivity index (χ4v) is 3.61. The lowest BCUT2D eigenvalue weighted by molar-refractivity contribution is 0.367. The van der Waals surface area contributed by atoms with Gasteiger partial charge in [-0.25, -0.2) is 0 Å². The van der Waals surface area contributed by atoms with Crippen LogP contribution in [0.4, 0.5) is 0 Å². The van der Waals surface area contributed by atoms with Crippen LogP contribution in [0.5, 0.6) is 0 Å². The average Bonchev–Trinajstić information content (AvgIpc) is 2.48. The van der Waals surface area contributed by atoms with Crippen molar-refractivity contribution in [1.82, 2.24) is 5.43 Å². The van der Waals surface area contributed by atoms with E-state index in [1.54, 1.807) is 11.8 Å². The molecule has 1 rings (SSSR count). The van der Waals surface area contributed by atoms with E-state index >= 15 is 0 Å². The third-order valence-electron chi connectivity index (χ3n) is 3.67. The molecule has 0 amide bonds. The van der Waals surface area contributed by atoms with E-state index < -0.39 is 0 Å². The van der Waals surface area contributed by atoms with E-state index in [1.807, 2.05) is 18.2 Å². The summed E-state index contributed by atoms with van der Waals surface area (Å²) < 4.78 is 0. The molecule has 0 saturated carbocycles. The summed E-state index contributed by atoms with van der Waals surface area (Å²) in [4.78, 5) is 1.14. The Morgan fingerprint density at radius 2 is 2.05 bits per heavy atom. The molecule has 2 atom stereocenters. The number of hydrogen-bond acceptors (Lipinski definition) is 3. The second-order valence-corrected chi connectivity index (χ2v) is 6.73. The van der Waals surface area contributed by atoms with Gasteiger partial charge in [-0.05, 0) is 24.5 Å². The van der Waals surface area contributed by atoms with Crippen molar-refractivity contribution in [3.8, 4) is 0 Å². The number of unbranched alkanes of at least 4 members (excludes halogenated alkanes) is 1. The summed E-state index contributed by atoms with van der Waals surface area (Å²) in [7, 11) is 0. The van der Waals surface area contributed by atoms with Gasteiger partial charge in [0.15, 0.2) is 0 Å². The van der Waals surface area contributed by atoms with Crippen LogP contribution in [-0.4, -0.2) is 11.8 Å². The number of hydrazine groups is 1. The molecule has 0 aliphatic rings. The summed E-state index contributed by atoms with van der Waals surface area (Å²) in [6.07, 6.45) is 6.26. The van der Waals surface area contributed by atoms with Crippen molar-refractivity contribution in [2.24, 2.45) is 11.8 Å². The smallest absolute Gasteiger partial charge is 0.0541 e. The first-order chi connectivity index (χ1) is 9.71. The number of thioether (sulfide) groups is 1. The van der Waals surface area contributed by atoms with Gasteiger partial charge >= 0.3 is 0 Å². The Balaban J connectivity index is 2.44. The quantitative estimate of drug-likeness (QED) is 0.367. The van der Waals surface area contributed by atoms with Gasteiger partial charge in [-0.2, -0.15) is 0 Å². The third-order valence-corrected chi connectivity index (χ3v) is 5.35. The Bertz CT molecular complexity index is 373. The molecule has 2 unspecified atom stereocenters. The molecule has 114 valence electrons. The summed E-state index contributed by atoms with van der Waals surface area (Å²) in [6, 6.07) is 8.33. The molecule has 0 bridgehead atoms. The van der Waals surface area contributed by atoms with Crippen molar-refractivity contribution >= 4 is 23.4 Å². The van der Waals surface area contributed by atoms with E-state index in [0.717, 1.165) is 28.0 Å². The molecule has 0 aliphatic carbocycles. The largest absolute Gasteiger partial charge is 0.271 e. The zero-order valence-corrected chi connectivity index (χ0v) is 14.1. The van der Waals surface area contributed by atoms with Crippen molar-refractivity contribution in [3.05, 3.63) is 29.3 Å². The molecule has 20 heavy (non-hydrogen) atoms. The van der Waals surface area contributed by atoms with Gasteiger partial charge in [0.25, 0.3) is 0 Å². The molecule has 2 nitrogen and oxygen atoms in total. The van der Waals surface area contributed by atoms with E-state index in [1.165, 1.54) is 25.7 Å². The van der Waals surface area contributed by atoms with Gasteiger partial charge in [-0.3, -0.25) is 11.3 Å². The molecule has 3 N–H and O–H groups in total. The van der Waals surface area contributed by atoms with Crippen molar-refractivity contribution in [2.75, 3.05) is 5.75 Å². The fourth-order valence-electron chi connectivity index (χ4n) is 2.32. The van der Waals surface area contributed by atoms with Crippen LogP contribution in [0.15, 0.2) is 29.2 Å². The minimum Gasteiger partial charge on any atom is -0.271 e. The van der Waals surface area contributed by atoms with Crippen LogP contribution in [0.3, 0.4) is 0 Å². The van der Waals surface area contributed by atoms with Crippen LogP contribution < -0.4 is 11.3 Å². The van der Waals surface area contributed by atoms with Gasteiger partial charge in [0.2, 0.25) is 0 Å². The molecule has 0 spiro atoms. The Morgan fingerprint density at radius 1 is 1.30 bits per heavy atom. The standard InChI is InChI=1S/C16H27ClN2S/c1-3-5-8-13(4-2)11-14(19-18)12-20-16-10-7-6-9-15(16)17/h6-7,9-10,13-14,19H,3-5,8,11-12,18H2,1-2H3. The summed E-state index contributed by atoms with van der Waals surface area (Å²) >= 11 is 7.96. The minimum absolute atomic E-state index is 0.345. The van der Waals surface area contributed by atoms with E-state index in [4.69, 9.17) is 17.4 Å². The summed E-state index contributed by atoms with van der Waals surface area (Å²) in [5.74, 6) is 7.44. The van der Waals surface area contributed by atoms with Crippen molar-refractivity contribution in [1.29, 1.82) is 0 Å². The van der Waals surface area contributed by atoms with E-state index in [-0.39, 0.29) is 0 Å². The molecule has 0 saturated heterocycles. The molecule has 0 fully saturated rings. The van der Waals surface area contributed by atoms with Gasteiger partial charge in [0, 0.05) is 16.7 Å². The maximum atomic E-state index is 6.18. The van der Waals surface area contributed by atoms with Gasteiger partial charge in [-0.15, -0.1) is 11.8 Å². The third kappa shape index (κ3) is 6.49. The van der Waals surface area contributed by atoms with Gasteiger partial charge < -0.3 is 0 Å². The van der Waals surface area contributed by atoms with Crippen LogP contribution in [0, 0.1) is 5.92 Å². The topological polar surface area (TPSA) is 38.0 Å². The molecular weight excluding hydrogens is 288 g/mol. The molecule has 0 aromatic heterocycles. The predicted molar refractivity (Wildman–Crippen MR) is 91.2 cm³/mol. The first-order valence-corrected chi connectivity index (χ1v) is 8.91. The lowest BCUT2D eigenvalue weighted by Gasteiger charge is -2.22. The van der Waals surface area contributed by atoms with Crippen molar-refractivity contribution in [3.63, 3.8) is 0 Å². The highest BCUT2D eigenvalue weighted by molar-refractivity contribution is 7.99. The first kappa shape index (κ1) is 17.8. The molecule has 1 aromatic rings. The maximum Gasteiger partial charge on any atom is 0.0541 e. The number of nitrogens with one attached hydrogen (secondary N) is 1. The molecular formula is C16H27ClN2S. The Labute approximate surface area is 132 Å². The lowest BCUT2D eigenvalue weighted by atomic mass is 9.93. The molecule has 4 heteroatoms. The van der Waals surface area contributed by atoms with Crippen LogP contribution in [0.25, 0.3) is 0 Å². The Morgan fingerprint density at radius 3 is 2.65 bits per heavy atom. The summed E-state index contributed by atoms with van der Waals surface area (Å²) in [5.41, 5.74) is 2.97. The molecule has 0 aliphatic heterocycles. The van der Waals surface area contributed by atoms with Crippen LogP contribution in [0.2, 0.25) is 5.02 Å². The highest BCUT2D eigenvalue weighted by atomic mass is 35.5. The lowest BCUT2D eigenvalue weighted by Crippen LogP contribution is -2.38. The zero-order chi connectivity index (χ0) is 14.8. The van der Waals surface area contributed by atoms with E-state index in [0.29, 0.717) is 6.04 Å². The average molecular weight is 315 g/mol. The van der Waals surface area contributed by atoms with Crippen LogP contribution in [-0.2, 0) is 0 Å². The van der Waals surface area contributed by atoms with Gasteiger partial charge in [-0.1, -0.05) is 63.3 Å². The Hall–Kier alpha value is -0.220. The van der Waals surface area contributed by atoms with Crippen molar-refractivity contribution in [2.45, 2.75) is 56.9 Å². The second-order valence-electron chi connectivity index (χ2n) is 5.26. The van der Waals surface area contributed by atoms with Gasteiger partial charge in [0.1, 0.15) is 0 Å². The fraction of sp³-hybridized carbons (Fsp3) is 0.625. The zero-order valence-electron chi connectivity index (χ0n) is 12.6. The van der Waals surface area contributed by atoms with E-state index in [9.17, 15) is 0 Å². The number of hydrogen-bond donors (Lipinski definition) is 2. The minimum atomic E-state index is 0.345. The monoisotopic (exact) mass is 314 g/mol. The second kappa shape index (κ2) is 10.5. The number of nitrogens with two attached hydrogens (primary N) is 1. The van der Waals surface area contributed by atoms with E-state index in [2.05, 4.69) is 25.3 Å². The number of rotatable bonds is 10. The highest BCUT2D eigenvalue weighted by Crippen LogP contribution is 2.28. The van der Waals surface area contributed by atoms with Crippen molar-refractivity contribution < 1.29 is 0 Å². The molecule has 0 radical (unpaired) electrons. The van der Waals surface area contributed by atoms with Crippen LogP contribution in [0.1, 0.15) is 46.0 Å². The highest BCUT2D eigenvalue weighted by Gasteiger charge is 2.15. The first-order valence-electron chi connectivity index (χ1n) is 7.54. The SMILES string of the molecule is CCCCC(CC)CC(CSc1ccccc1Cl)NN. The molecule has 0 heterocycles. The number of halogens is 1. The van der Waals surface area contributed by atoms with Gasteiger partial charge in [0.05, 0.1) is 5.02 Å². The maximum absolute atomic E-state index is 6.18. The summed E-state index contributed by atoms with van der Waals surface area (Å²) in [5, 5.41) is 0.825. The normalized spacial score (nSPS) is 14.2.